The zero-order valence-electron chi connectivity index (χ0n) is 16.6. The normalized spacial score (nSPS) is 23.8. The molecule has 2 unspecified atom stereocenters. The predicted octanol–water partition coefficient (Wildman–Crippen LogP) is 4.84. The number of thioether (sulfide) groups is 1. The highest BCUT2D eigenvalue weighted by Gasteiger charge is 2.41. The minimum absolute atomic E-state index is 0.00728. The van der Waals surface area contributed by atoms with Crippen molar-refractivity contribution in [2.45, 2.75) is 57.2 Å². The SMILES string of the molecule is CC(C)CCNC(=O)CN1C(=O)/C(=C\c2cccc(Br)c2)SC2CCCCC21. The lowest BCUT2D eigenvalue weighted by atomic mass is 9.93. The Kier molecular flexibility index (Phi) is 7.63. The van der Waals surface area contributed by atoms with Crippen LogP contribution in [0.2, 0.25) is 0 Å². The second-order valence-electron chi connectivity index (χ2n) is 8.04. The van der Waals surface area contributed by atoms with Crippen LogP contribution in [0, 0.1) is 5.92 Å². The van der Waals surface area contributed by atoms with Crippen LogP contribution in [-0.2, 0) is 9.59 Å². The van der Waals surface area contributed by atoms with E-state index in [0.717, 1.165) is 40.6 Å². The van der Waals surface area contributed by atoms with Gasteiger partial charge in [-0.2, -0.15) is 0 Å². The van der Waals surface area contributed by atoms with Gasteiger partial charge in [-0.25, -0.2) is 0 Å². The molecule has 2 aliphatic rings. The van der Waals surface area contributed by atoms with Crippen LogP contribution in [-0.4, -0.2) is 41.1 Å². The third-order valence-corrected chi connectivity index (χ3v) is 7.21. The molecule has 1 aliphatic heterocycles. The molecule has 0 radical (unpaired) electrons. The van der Waals surface area contributed by atoms with E-state index >= 15 is 0 Å². The van der Waals surface area contributed by atoms with Gasteiger partial charge in [0.15, 0.2) is 0 Å². The van der Waals surface area contributed by atoms with Crippen molar-refractivity contribution in [2.75, 3.05) is 13.1 Å². The fourth-order valence-electron chi connectivity index (χ4n) is 3.82. The summed E-state index contributed by atoms with van der Waals surface area (Å²) in [4.78, 5) is 28.3. The molecule has 0 aromatic heterocycles. The predicted molar refractivity (Wildman–Crippen MR) is 120 cm³/mol. The molecule has 1 saturated carbocycles. The van der Waals surface area contributed by atoms with E-state index in [4.69, 9.17) is 0 Å². The van der Waals surface area contributed by atoms with Gasteiger partial charge >= 0.3 is 0 Å². The Balaban J connectivity index is 1.76. The number of hydrogen-bond donors (Lipinski definition) is 1. The number of hydrogen-bond acceptors (Lipinski definition) is 3. The number of carbonyl (C=O) groups is 2. The van der Waals surface area contributed by atoms with Crippen LogP contribution in [0.3, 0.4) is 0 Å². The van der Waals surface area contributed by atoms with E-state index in [0.29, 0.717) is 17.7 Å². The second-order valence-corrected chi connectivity index (χ2v) is 10.2. The number of nitrogens with zero attached hydrogens (tertiary/aromatic N) is 1. The first-order valence-electron chi connectivity index (χ1n) is 10.2. The standard InChI is InChI=1S/C22H29BrN2O2S/c1-15(2)10-11-24-21(26)14-25-18-8-3-4-9-19(18)28-20(22(25)27)13-16-6-5-7-17(23)12-16/h5-7,12-13,15,18-19H,3-4,8-11,14H2,1-2H3,(H,24,26)/b20-13+. The van der Waals surface area contributed by atoms with Crippen LogP contribution in [0.5, 0.6) is 0 Å². The summed E-state index contributed by atoms with van der Waals surface area (Å²) in [5, 5.41) is 3.37. The first-order chi connectivity index (χ1) is 13.4. The van der Waals surface area contributed by atoms with Crippen LogP contribution in [0.1, 0.15) is 51.5 Å². The minimum Gasteiger partial charge on any atom is -0.355 e. The van der Waals surface area contributed by atoms with Gasteiger partial charge in [0.1, 0.15) is 6.54 Å². The van der Waals surface area contributed by atoms with E-state index < -0.39 is 0 Å². The summed E-state index contributed by atoms with van der Waals surface area (Å²) < 4.78 is 0.993. The Bertz CT molecular complexity index is 750. The fourth-order valence-corrected chi connectivity index (χ4v) is 5.71. The van der Waals surface area contributed by atoms with Gasteiger partial charge in [0.05, 0.1) is 4.91 Å². The topological polar surface area (TPSA) is 49.4 Å². The minimum atomic E-state index is -0.0490. The largest absolute Gasteiger partial charge is 0.355 e. The maximum atomic E-state index is 13.2. The summed E-state index contributed by atoms with van der Waals surface area (Å²) >= 11 is 5.19. The van der Waals surface area contributed by atoms with Crippen LogP contribution in [0.15, 0.2) is 33.6 Å². The molecular weight excluding hydrogens is 436 g/mol. The highest BCUT2D eigenvalue weighted by molar-refractivity contribution is 9.10. The Morgan fingerprint density at radius 3 is 2.89 bits per heavy atom. The summed E-state index contributed by atoms with van der Waals surface area (Å²) in [6.45, 7) is 5.11. The fraction of sp³-hybridized carbons (Fsp3) is 0.545. The first-order valence-corrected chi connectivity index (χ1v) is 11.8. The molecule has 0 bridgehead atoms. The van der Waals surface area contributed by atoms with Gasteiger partial charge in [-0.05, 0) is 49.0 Å². The number of amides is 2. The molecule has 0 spiro atoms. The number of nitrogens with one attached hydrogen (secondary N) is 1. The van der Waals surface area contributed by atoms with Crippen molar-refractivity contribution >= 4 is 45.6 Å². The zero-order valence-corrected chi connectivity index (χ0v) is 19.0. The average Bonchev–Trinajstić information content (AvgIpc) is 2.65. The van der Waals surface area contributed by atoms with E-state index in [1.807, 2.05) is 35.2 Å². The van der Waals surface area contributed by atoms with Crippen molar-refractivity contribution in [1.82, 2.24) is 10.2 Å². The van der Waals surface area contributed by atoms with E-state index in [-0.39, 0.29) is 24.4 Å². The summed E-state index contributed by atoms with van der Waals surface area (Å²) in [5.41, 5.74) is 1.00. The van der Waals surface area contributed by atoms with E-state index in [1.165, 1.54) is 6.42 Å². The molecule has 1 aromatic carbocycles. The van der Waals surface area contributed by atoms with E-state index in [2.05, 4.69) is 35.1 Å². The third-order valence-electron chi connectivity index (χ3n) is 5.32. The smallest absolute Gasteiger partial charge is 0.261 e. The maximum Gasteiger partial charge on any atom is 0.261 e. The number of halogens is 1. The summed E-state index contributed by atoms with van der Waals surface area (Å²) in [6, 6.07) is 8.13. The van der Waals surface area contributed by atoms with E-state index in [1.54, 1.807) is 11.8 Å². The van der Waals surface area contributed by atoms with Crippen molar-refractivity contribution in [3.63, 3.8) is 0 Å². The molecule has 2 amide bonds. The number of benzene rings is 1. The first kappa shape index (κ1) is 21.4. The molecule has 1 aromatic rings. The van der Waals surface area contributed by atoms with Crippen molar-refractivity contribution in [1.29, 1.82) is 0 Å². The van der Waals surface area contributed by atoms with Crippen molar-refractivity contribution in [3.05, 3.63) is 39.2 Å². The zero-order chi connectivity index (χ0) is 20.1. The lowest BCUT2D eigenvalue weighted by molar-refractivity contribution is -0.135. The Morgan fingerprint density at radius 2 is 2.14 bits per heavy atom. The van der Waals surface area contributed by atoms with E-state index in [9.17, 15) is 9.59 Å². The number of fused-ring (bicyclic) bond motifs is 1. The Labute approximate surface area is 180 Å². The molecule has 1 heterocycles. The molecule has 152 valence electrons. The van der Waals surface area contributed by atoms with Gasteiger partial charge < -0.3 is 10.2 Å². The average molecular weight is 465 g/mol. The monoisotopic (exact) mass is 464 g/mol. The molecule has 1 aliphatic carbocycles. The quantitative estimate of drug-likeness (QED) is 0.612. The maximum absolute atomic E-state index is 13.2. The Morgan fingerprint density at radius 1 is 1.36 bits per heavy atom. The molecule has 1 N–H and O–H groups in total. The van der Waals surface area contributed by atoms with Gasteiger partial charge in [0.25, 0.3) is 5.91 Å². The summed E-state index contributed by atoms with van der Waals surface area (Å²) in [7, 11) is 0. The molecule has 2 fully saturated rings. The van der Waals surface area contributed by atoms with Gasteiger partial charge in [-0.3, -0.25) is 9.59 Å². The lowest BCUT2D eigenvalue weighted by Gasteiger charge is -2.43. The molecular formula is C22H29BrN2O2S. The van der Waals surface area contributed by atoms with Crippen LogP contribution in [0.4, 0.5) is 0 Å². The van der Waals surface area contributed by atoms with Crippen molar-refractivity contribution < 1.29 is 9.59 Å². The molecule has 6 heteroatoms. The lowest BCUT2D eigenvalue weighted by Crippen LogP contribution is -2.54. The highest BCUT2D eigenvalue weighted by Crippen LogP contribution is 2.42. The number of carbonyl (C=O) groups excluding carboxylic acids is 2. The summed E-state index contributed by atoms with van der Waals surface area (Å²) in [5.74, 6) is 0.495. The molecule has 28 heavy (non-hydrogen) atoms. The van der Waals surface area contributed by atoms with Gasteiger partial charge in [-0.15, -0.1) is 11.8 Å². The second kappa shape index (κ2) is 9.97. The molecule has 3 rings (SSSR count). The third kappa shape index (κ3) is 5.63. The van der Waals surface area contributed by atoms with Gasteiger partial charge in [0.2, 0.25) is 5.91 Å². The van der Waals surface area contributed by atoms with Crippen molar-refractivity contribution in [2.24, 2.45) is 5.92 Å². The Hall–Kier alpha value is -1.27. The van der Waals surface area contributed by atoms with Gasteiger partial charge in [-0.1, -0.05) is 54.8 Å². The highest BCUT2D eigenvalue weighted by atomic mass is 79.9. The van der Waals surface area contributed by atoms with Crippen LogP contribution in [0.25, 0.3) is 6.08 Å². The molecule has 2 atom stereocenters. The molecule has 4 nitrogen and oxygen atoms in total. The van der Waals surface area contributed by atoms with Gasteiger partial charge in [0, 0.05) is 22.3 Å². The molecule has 1 saturated heterocycles. The van der Waals surface area contributed by atoms with Crippen molar-refractivity contribution in [3.8, 4) is 0 Å². The van der Waals surface area contributed by atoms with Crippen LogP contribution < -0.4 is 5.32 Å². The summed E-state index contributed by atoms with van der Waals surface area (Å²) in [6.07, 6.45) is 7.34. The van der Waals surface area contributed by atoms with Crippen LogP contribution >= 0.6 is 27.7 Å². The number of rotatable bonds is 6.